The lowest BCUT2D eigenvalue weighted by atomic mass is 9.68. The second-order valence-electron chi connectivity index (χ2n) is 9.01. The Kier molecular flexibility index (Phi) is 5.53. The van der Waals surface area contributed by atoms with Gasteiger partial charge in [-0.2, -0.15) is 0 Å². The Morgan fingerprint density at radius 3 is 2.62 bits per heavy atom. The van der Waals surface area contributed by atoms with Crippen molar-refractivity contribution in [3.8, 4) is 5.75 Å². The van der Waals surface area contributed by atoms with Gasteiger partial charge in [0.1, 0.15) is 18.1 Å². The molecule has 178 valence electrons. The summed E-state index contributed by atoms with van der Waals surface area (Å²) >= 11 is 0. The summed E-state index contributed by atoms with van der Waals surface area (Å²) in [6.07, 6.45) is 1.61. The molecule has 4 heterocycles. The maximum atomic E-state index is 13.1. The number of aliphatic hydroxyl groups excluding tert-OH is 1. The van der Waals surface area contributed by atoms with Crippen LogP contribution in [0, 0.1) is 0 Å². The molecule has 2 amide bonds. The number of aliphatic hydroxyl groups is 1. The van der Waals surface area contributed by atoms with Crippen LogP contribution in [0.3, 0.4) is 0 Å². The average molecular weight is 465 g/mol. The van der Waals surface area contributed by atoms with Crippen LogP contribution in [0.15, 0.2) is 42.6 Å². The van der Waals surface area contributed by atoms with Gasteiger partial charge in [-0.15, -0.1) is 0 Å². The molecule has 3 aromatic rings. The van der Waals surface area contributed by atoms with Gasteiger partial charge in [0.2, 0.25) is 5.91 Å². The highest BCUT2D eigenvalue weighted by atomic mass is 16.5. The lowest BCUT2D eigenvalue weighted by Gasteiger charge is -2.56. The molecule has 2 aromatic heterocycles. The van der Waals surface area contributed by atoms with E-state index in [-0.39, 0.29) is 25.0 Å². The lowest BCUT2D eigenvalue weighted by molar-refractivity contribution is -0.142. The SMILES string of the molecule is COCC(=O)N1CC2(CN(C(=O)c3ccccn3)C2)c2c(n(C)c3cc(OC)ccc23)[C@@H]1CO. The number of amides is 2. The van der Waals surface area contributed by atoms with Crippen molar-refractivity contribution in [2.45, 2.75) is 11.5 Å². The normalized spacial score (nSPS) is 18.6. The van der Waals surface area contributed by atoms with Gasteiger partial charge in [-0.1, -0.05) is 6.07 Å². The van der Waals surface area contributed by atoms with E-state index >= 15 is 0 Å². The summed E-state index contributed by atoms with van der Waals surface area (Å²) in [4.78, 5) is 33.8. The smallest absolute Gasteiger partial charge is 0.272 e. The van der Waals surface area contributed by atoms with Crippen LogP contribution in [-0.4, -0.2) is 83.3 Å². The molecule has 0 aliphatic carbocycles. The van der Waals surface area contributed by atoms with E-state index in [0.29, 0.717) is 25.3 Å². The summed E-state index contributed by atoms with van der Waals surface area (Å²) in [5, 5.41) is 11.4. The number of pyridine rings is 1. The number of carbonyl (C=O) groups excluding carboxylic acids is 2. The Bertz CT molecular complexity index is 1250. The molecular formula is C25H28N4O5. The van der Waals surface area contributed by atoms with E-state index in [0.717, 1.165) is 27.9 Å². The number of rotatable bonds is 5. The molecule has 1 fully saturated rings. The molecule has 2 aliphatic rings. The lowest BCUT2D eigenvalue weighted by Crippen LogP contribution is -2.68. The molecule has 5 rings (SSSR count). The van der Waals surface area contributed by atoms with Gasteiger partial charge in [0, 0.05) is 57.1 Å². The largest absolute Gasteiger partial charge is 0.497 e. The predicted molar refractivity (Wildman–Crippen MR) is 125 cm³/mol. The van der Waals surface area contributed by atoms with Crippen LogP contribution in [-0.2, 0) is 22.0 Å². The summed E-state index contributed by atoms with van der Waals surface area (Å²) in [5.41, 5.74) is 2.86. The third kappa shape index (κ3) is 3.26. The Hall–Kier alpha value is -3.43. The Morgan fingerprint density at radius 2 is 1.97 bits per heavy atom. The van der Waals surface area contributed by atoms with Gasteiger partial charge in [-0.25, -0.2) is 0 Å². The van der Waals surface area contributed by atoms with Gasteiger partial charge < -0.3 is 28.9 Å². The fourth-order valence-corrected chi connectivity index (χ4v) is 5.56. The molecule has 9 nitrogen and oxygen atoms in total. The minimum absolute atomic E-state index is 0.0732. The van der Waals surface area contributed by atoms with Crippen LogP contribution in [0.1, 0.15) is 27.8 Å². The van der Waals surface area contributed by atoms with Gasteiger partial charge in [0.25, 0.3) is 5.91 Å². The van der Waals surface area contributed by atoms with Crippen LogP contribution in [0.2, 0.25) is 0 Å². The van der Waals surface area contributed by atoms with Crippen molar-refractivity contribution in [2.75, 3.05) is 47.1 Å². The molecule has 0 radical (unpaired) electrons. The number of aromatic nitrogens is 2. The molecule has 34 heavy (non-hydrogen) atoms. The summed E-state index contributed by atoms with van der Waals surface area (Å²) in [6, 6.07) is 10.7. The van der Waals surface area contributed by atoms with Gasteiger partial charge in [-0.3, -0.25) is 14.6 Å². The third-order valence-corrected chi connectivity index (χ3v) is 7.07. The van der Waals surface area contributed by atoms with Crippen LogP contribution in [0.25, 0.3) is 10.9 Å². The first-order valence-electron chi connectivity index (χ1n) is 11.2. The molecule has 1 spiro atoms. The minimum Gasteiger partial charge on any atom is -0.497 e. The van der Waals surface area contributed by atoms with Gasteiger partial charge in [-0.05, 0) is 29.8 Å². The molecule has 9 heteroatoms. The van der Waals surface area contributed by atoms with Crippen molar-refractivity contribution < 1.29 is 24.2 Å². The standard InChI is InChI=1S/C25H28N4O5/c1-27-19-10-16(34-3)7-8-17(19)22-23(27)20(11-30)29(21(31)12-33-2)15-25(22)13-28(14-25)24(32)18-6-4-5-9-26-18/h4-10,20,30H,11-15H2,1-3H3/t20-/m0/s1. The molecule has 2 aliphatic heterocycles. The number of fused-ring (bicyclic) bond motifs is 4. The zero-order valence-corrected chi connectivity index (χ0v) is 19.5. The van der Waals surface area contributed by atoms with E-state index in [1.807, 2.05) is 29.8 Å². The van der Waals surface area contributed by atoms with E-state index < -0.39 is 11.5 Å². The van der Waals surface area contributed by atoms with Crippen molar-refractivity contribution in [1.82, 2.24) is 19.4 Å². The molecule has 1 N–H and O–H groups in total. The van der Waals surface area contributed by atoms with Crippen molar-refractivity contribution in [3.05, 3.63) is 59.5 Å². The molecule has 1 atom stereocenters. The van der Waals surface area contributed by atoms with E-state index in [4.69, 9.17) is 9.47 Å². The maximum absolute atomic E-state index is 13.1. The predicted octanol–water partition coefficient (Wildman–Crippen LogP) is 1.50. The number of hydrogen-bond donors (Lipinski definition) is 1. The zero-order chi connectivity index (χ0) is 24.0. The first-order chi connectivity index (χ1) is 16.4. The second-order valence-corrected chi connectivity index (χ2v) is 9.01. The topological polar surface area (TPSA) is 97.1 Å². The van der Waals surface area contributed by atoms with E-state index in [9.17, 15) is 14.7 Å². The molecule has 1 saturated heterocycles. The number of aryl methyl sites for hydroxylation is 1. The van der Waals surface area contributed by atoms with Crippen LogP contribution >= 0.6 is 0 Å². The van der Waals surface area contributed by atoms with Crippen molar-refractivity contribution in [3.63, 3.8) is 0 Å². The van der Waals surface area contributed by atoms with Crippen LogP contribution in [0.5, 0.6) is 5.75 Å². The number of methoxy groups -OCH3 is 2. The van der Waals surface area contributed by atoms with Gasteiger partial charge in [0.15, 0.2) is 0 Å². The van der Waals surface area contributed by atoms with E-state index in [2.05, 4.69) is 4.98 Å². The third-order valence-electron chi connectivity index (χ3n) is 7.07. The summed E-state index contributed by atoms with van der Waals surface area (Å²) in [6.45, 7) is 1.02. The fraction of sp³-hybridized carbons (Fsp3) is 0.400. The zero-order valence-electron chi connectivity index (χ0n) is 19.5. The molecular weight excluding hydrogens is 436 g/mol. The number of benzene rings is 1. The van der Waals surface area contributed by atoms with Crippen molar-refractivity contribution in [1.29, 1.82) is 0 Å². The summed E-state index contributed by atoms with van der Waals surface area (Å²) in [5.74, 6) is 0.408. The quantitative estimate of drug-likeness (QED) is 0.615. The highest BCUT2D eigenvalue weighted by Gasteiger charge is 2.55. The van der Waals surface area contributed by atoms with Crippen molar-refractivity contribution >= 4 is 22.7 Å². The maximum Gasteiger partial charge on any atom is 0.272 e. The van der Waals surface area contributed by atoms with Gasteiger partial charge in [0.05, 0.1) is 30.7 Å². The average Bonchev–Trinajstić information content (AvgIpc) is 3.14. The minimum atomic E-state index is -0.507. The molecule has 0 saturated carbocycles. The van der Waals surface area contributed by atoms with E-state index in [1.165, 1.54) is 7.11 Å². The number of ether oxygens (including phenoxy) is 2. The molecule has 0 unspecified atom stereocenters. The van der Waals surface area contributed by atoms with E-state index in [1.54, 1.807) is 41.3 Å². The summed E-state index contributed by atoms with van der Waals surface area (Å²) in [7, 11) is 5.05. The Labute approximate surface area is 197 Å². The molecule has 0 bridgehead atoms. The highest BCUT2D eigenvalue weighted by molar-refractivity contribution is 5.95. The monoisotopic (exact) mass is 464 g/mol. The number of carbonyl (C=O) groups is 2. The highest BCUT2D eigenvalue weighted by Crippen LogP contribution is 2.49. The first-order valence-corrected chi connectivity index (χ1v) is 11.2. The van der Waals surface area contributed by atoms with Crippen LogP contribution in [0.4, 0.5) is 0 Å². The fourth-order valence-electron chi connectivity index (χ4n) is 5.56. The Balaban J connectivity index is 1.62. The Morgan fingerprint density at radius 1 is 1.18 bits per heavy atom. The van der Waals surface area contributed by atoms with Crippen LogP contribution < -0.4 is 4.74 Å². The molecule has 1 aromatic carbocycles. The van der Waals surface area contributed by atoms with Crippen molar-refractivity contribution in [2.24, 2.45) is 7.05 Å². The first kappa shape index (κ1) is 22.4. The number of hydrogen-bond acceptors (Lipinski definition) is 6. The van der Waals surface area contributed by atoms with Gasteiger partial charge >= 0.3 is 0 Å². The second kappa shape index (κ2) is 8.41. The number of likely N-dealkylation sites (tertiary alicyclic amines) is 1. The number of nitrogens with zero attached hydrogens (tertiary/aromatic N) is 4. The summed E-state index contributed by atoms with van der Waals surface area (Å²) < 4.78 is 12.6.